The minimum Gasteiger partial charge on any atom is -0.493 e. The fraction of sp³-hybridized carbons (Fsp3) is 0.571. The number of Topliss-reactive ketones (excluding diaryl/α,β-unsaturated/α-hetero) is 1. The van der Waals surface area contributed by atoms with Gasteiger partial charge >= 0.3 is 0 Å². The van der Waals surface area contributed by atoms with E-state index >= 15 is 0 Å². The van der Waals surface area contributed by atoms with Crippen molar-refractivity contribution in [3.8, 4) is 5.75 Å². The molecule has 2 aliphatic rings. The fourth-order valence-electron chi connectivity index (χ4n) is 4.29. The topological polar surface area (TPSA) is 63.5 Å². The molecule has 1 aromatic heterocycles. The molecule has 0 radical (unpaired) electrons. The zero-order valence-electron chi connectivity index (χ0n) is 15.4. The molecule has 5 nitrogen and oxygen atoms in total. The summed E-state index contributed by atoms with van der Waals surface area (Å²) in [6, 6.07) is 8.04. The van der Waals surface area contributed by atoms with Crippen molar-refractivity contribution in [1.29, 1.82) is 0 Å². The van der Waals surface area contributed by atoms with Crippen LogP contribution in [0.15, 0.2) is 28.7 Å². The van der Waals surface area contributed by atoms with Crippen LogP contribution in [0.25, 0.3) is 11.0 Å². The van der Waals surface area contributed by atoms with Crippen LogP contribution in [0, 0.1) is 5.92 Å². The number of para-hydroxylation sites is 1. The van der Waals surface area contributed by atoms with Crippen LogP contribution >= 0.6 is 0 Å². The van der Waals surface area contributed by atoms with Gasteiger partial charge in [-0.3, -0.25) is 4.79 Å². The molecule has 1 aromatic carbocycles. The van der Waals surface area contributed by atoms with E-state index in [1.165, 1.54) is 32.1 Å². The van der Waals surface area contributed by atoms with Gasteiger partial charge in [-0.25, -0.2) is 0 Å². The minimum atomic E-state index is -0.153. The Morgan fingerprint density at radius 2 is 2.15 bits per heavy atom. The molecule has 2 fully saturated rings. The van der Waals surface area contributed by atoms with Gasteiger partial charge in [-0.15, -0.1) is 0 Å². The van der Waals surface area contributed by atoms with Gasteiger partial charge in [0.1, 0.15) is 0 Å². The van der Waals surface area contributed by atoms with Crippen LogP contribution in [-0.2, 0) is 0 Å². The highest BCUT2D eigenvalue weighted by molar-refractivity contribution is 6.01. The number of furan rings is 1. The first-order chi connectivity index (χ1) is 12.7. The van der Waals surface area contributed by atoms with Crippen LogP contribution in [0.2, 0.25) is 0 Å². The summed E-state index contributed by atoms with van der Waals surface area (Å²) in [7, 11) is 1.61. The Morgan fingerprint density at radius 3 is 2.96 bits per heavy atom. The van der Waals surface area contributed by atoms with Crippen molar-refractivity contribution in [1.82, 2.24) is 10.6 Å². The van der Waals surface area contributed by atoms with Gasteiger partial charge in [-0.2, -0.15) is 0 Å². The Morgan fingerprint density at radius 1 is 1.31 bits per heavy atom. The van der Waals surface area contributed by atoms with Gasteiger partial charge in [0.25, 0.3) is 0 Å². The third kappa shape index (κ3) is 3.64. The third-order valence-electron chi connectivity index (χ3n) is 5.81. The second-order valence-corrected chi connectivity index (χ2v) is 7.66. The van der Waals surface area contributed by atoms with Gasteiger partial charge in [0.2, 0.25) is 5.78 Å². The number of nitrogens with one attached hydrogen (secondary N) is 2. The maximum atomic E-state index is 12.9. The van der Waals surface area contributed by atoms with Crippen molar-refractivity contribution >= 4 is 16.8 Å². The van der Waals surface area contributed by atoms with E-state index in [4.69, 9.17) is 9.15 Å². The van der Waals surface area contributed by atoms with E-state index in [0.717, 1.165) is 24.9 Å². The standard InChI is InChI=1S/C21H28N2O3/c1-25-18-9-5-6-15-11-19(26-21(15)18)20(24)17-10-14(13-23-17)12-22-16-7-3-2-4-8-16/h5-6,9,11,14,16-17,22-23H,2-4,7-8,10,12-13H2,1H3. The summed E-state index contributed by atoms with van der Waals surface area (Å²) in [6.07, 6.45) is 7.52. The molecule has 2 atom stereocenters. The monoisotopic (exact) mass is 356 g/mol. The van der Waals surface area contributed by atoms with E-state index in [0.29, 0.717) is 29.1 Å². The van der Waals surface area contributed by atoms with Gasteiger partial charge in [0.15, 0.2) is 17.1 Å². The summed E-state index contributed by atoms with van der Waals surface area (Å²) in [5, 5.41) is 8.00. The highest BCUT2D eigenvalue weighted by Crippen LogP contribution is 2.30. The summed E-state index contributed by atoms with van der Waals surface area (Å²) in [5.41, 5.74) is 0.645. The zero-order valence-corrected chi connectivity index (χ0v) is 15.4. The Balaban J connectivity index is 1.36. The smallest absolute Gasteiger partial charge is 0.214 e. The number of fused-ring (bicyclic) bond motifs is 1. The predicted octanol–water partition coefficient (Wildman–Crippen LogP) is 3.52. The van der Waals surface area contributed by atoms with E-state index in [9.17, 15) is 4.79 Å². The number of ketones is 1. The van der Waals surface area contributed by atoms with Crippen molar-refractivity contribution in [2.24, 2.45) is 5.92 Å². The van der Waals surface area contributed by atoms with Crippen LogP contribution in [-0.4, -0.2) is 38.1 Å². The molecule has 1 saturated heterocycles. The first-order valence-electron chi connectivity index (χ1n) is 9.82. The Kier molecular flexibility index (Phi) is 5.27. The lowest BCUT2D eigenvalue weighted by Gasteiger charge is -2.24. The molecule has 140 valence electrons. The molecule has 2 unspecified atom stereocenters. The van der Waals surface area contributed by atoms with Gasteiger partial charge in [0, 0.05) is 11.4 Å². The predicted molar refractivity (Wildman–Crippen MR) is 102 cm³/mol. The number of rotatable bonds is 6. The van der Waals surface area contributed by atoms with Crippen LogP contribution in [0.4, 0.5) is 0 Å². The molecule has 0 amide bonds. The van der Waals surface area contributed by atoms with Crippen molar-refractivity contribution in [2.45, 2.75) is 50.6 Å². The molecule has 1 saturated carbocycles. The zero-order chi connectivity index (χ0) is 17.9. The Hall–Kier alpha value is -1.85. The van der Waals surface area contributed by atoms with Gasteiger partial charge in [-0.1, -0.05) is 31.4 Å². The second kappa shape index (κ2) is 7.80. The van der Waals surface area contributed by atoms with Crippen molar-refractivity contribution in [2.75, 3.05) is 20.2 Å². The number of hydrogen-bond donors (Lipinski definition) is 2. The van der Waals surface area contributed by atoms with Crippen LogP contribution in [0.3, 0.4) is 0 Å². The van der Waals surface area contributed by atoms with E-state index < -0.39 is 0 Å². The normalized spacial score (nSPS) is 24.2. The molecule has 1 aliphatic heterocycles. The lowest BCUT2D eigenvalue weighted by molar-refractivity contribution is 0.0925. The minimum absolute atomic E-state index is 0.0448. The fourth-order valence-corrected chi connectivity index (χ4v) is 4.29. The van der Waals surface area contributed by atoms with Gasteiger partial charge < -0.3 is 19.8 Å². The number of hydrogen-bond acceptors (Lipinski definition) is 5. The second-order valence-electron chi connectivity index (χ2n) is 7.66. The highest BCUT2D eigenvalue weighted by Gasteiger charge is 2.32. The molecule has 0 bridgehead atoms. The molecule has 2 aromatic rings. The maximum Gasteiger partial charge on any atom is 0.214 e. The molecule has 4 rings (SSSR count). The summed E-state index contributed by atoms with van der Waals surface area (Å²) < 4.78 is 11.1. The van der Waals surface area contributed by atoms with E-state index in [-0.39, 0.29) is 11.8 Å². The van der Waals surface area contributed by atoms with E-state index in [2.05, 4.69) is 10.6 Å². The number of ether oxygens (including phenoxy) is 1. The van der Waals surface area contributed by atoms with Crippen LogP contribution in [0.1, 0.15) is 49.1 Å². The number of carbonyl (C=O) groups is 1. The Labute approximate surface area is 154 Å². The van der Waals surface area contributed by atoms with Crippen molar-refractivity contribution in [3.05, 3.63) is 30.0 Å². The lowest BCUT2D eigenvalue weighted by Crippen LogP contribution is -2.35. The first-order valence-corrected chi connectivity index (χ1v) is 9.82. The quantitative estimate of drug-likeness (QED) is 0.776. The SMILES string of the molecule is COc1cccc2cc(C(=O)C3CC(CNC4CCCCC4)CN3)oc12. The van der Waals surface area contributed by atoms with E-state index in [1.54, 1.807) is 7.11 Å². The van der Waals surface area contributed by atoms with Crippen LogP contribution < -0.4 is 15.4 Å². The molecule has 1 aliphatic carbocycles. The van der Waals surface area contributed by atoms with Crippen molar-refractivity contribution in [3.63, 3.8) is 0 Å². The number of methoxy groups -OCH3 is 1. The maximum absolute atomic E-state index is 12.9. The van der Waals surface area contributed by atoms with Crippen molar-refractivity contribution < 1.29 is 13.9 Å². The molecular weight excluding hydrogens is 328 g/mol. The average Bonchev–Trinajstić information content (AvgIpc) is 3.33. The summed E-state index contributed by atoms with van der Waals surface area (Å²) in [4.78, 5) is 12.9. The van der Waals surface area contributed by atoms with Gasteiger partial charge in [0.05, 0.1) is 13.2 Å². The first kappa shape index (κ1) is 17.6. The highest BCUT2D eigenvalue weighted by atomic mass is 16.5. The summed E-state index contributed by atoms with van der Waals surface area (Å²) in [5.74, 6) is 1.63. The molecule has 2 heterocycles. The molecule has 2 N–H and O–H groups in total. The molecule has 26 heavy (non-hydrogen) atoms. The largest absolute Gasteiger partial charge is 0.493 e. The van der Waals surface area contributed by atoms with Gasteiger partial charge in [-0.05, 0) is 50.4 Å². The number of benzene rings is 1. The summed E-state index contributed by atoms with van der Waals surface area (Å²) >= 11 is 0. The van der Waals surface area contributed by atoms with Crippen LogP contribution in [0.5, 0.6) is 5.75 Å². The lowest BCUT2D eigenvalue weighted by atomic mass is 9.94. The molecule has 5 heteroatoms. The summed E-state index contributed by atoms with van der Waals surface area (Å²) in [6.45, 7) is 1.88. The Bertz CT molecular complexity index is 764. The van der Waals surface area contributed by atoms with E-state index in [1.807, 2.05) is 24.3 Å². The molecule has 0 spiro atoms. The molecular formula is C21H28N2O3. The third-order valence-corrected chi connectivity index (χ3v) is 5.81. The average molecular weight is 356 g/mol. The number of carbonyl (C=O) groups excluding carboxylic acids is 1.